The van der Waals surface area contributed by atoms with Crippen molar-refractivity contribution in [1.29, 1.82) is 0 Å². The monoisotopic (exact) mass is 406 g/mol. The largest absolute Gasteiger partial charge is 0.289 e. The van der Waals surface area contributed by atoms with Gasteiger partial charge in [0, 0.05) is 21.2 Å². The van der Waals surface area contributed by atoms with Crippen LogP contribution >= 0.6 is 23.2 Å². The molecule has 0 heterocycles. The highest BCUT2D eigenvalue weighted by Gasteiger charge is 2.05. The summed E-state index contributed by atoms with van der Waals surface area (Å²) in [5, 5.41) is 1.29. The van der Waals surface area contributed by atoms with E-state index in [1.165, 1.54) is 12.2 Å². The van der Waals surface area contributed by atoms with E-state index in [2.05, 4.69) is 0 Å². The number of hydrogen-bond acceptors (Lipinski definition) is 2. The second-order valence-corrected chi connectivity index (χ2v) is 6.95. The molecular formula is C24H16Cl2O2. The van der Waals surface area contributed by atoms with Gasteiger partial charge in [0.25, 0.3) is 0 Å². The van der Waals surface area contributed by atoms with Crippen molar-refractivity contribution in [3.05, 3.63) is 117 Å². The fourth-order valence-corrected chi connectivity index (χ4v) is 2.73. The molecular weight excluding hydrogens is 391 g/mol. The van der Waals surface area contributed by atoms with Crippen molar-refractivity contribution in [1.82, 2.24) is 0 Å². The van der Waals surface area contributed by atoms with Crippen molar-refractivity contribution in [2.45, 2.75) is 0 Å². The van der Waals surface area contributed by atoms with Gasteiger partial charge in [-0.25, -0.2) is 0 Å². The number of benzene rings is 3. The summed E-state index contributed by atoms with van der Waals surface area (Å²) in [4.78, 5) is 24.6. The lowest BCUT2D eigenvalue weighted by Gasteiger charge is -2.00. The van der Waals surface area contributed by atoms with E-state index in [-0.39, 0.29) is 11.6 Å². The molecule has 0 saturated carbocycles. The SMILES string of the molecule is O=C(C=Cc1ccc(Cl)cc1)c1ccc(C(=O)C=Cc2ccc(Cl)cc2)cc1. The van der Waals surface area contributed by atoms with Gasteiger partial charge in [-0.2, -0.15) is 0 Å². The van der Waals surface area contributed by atoms with Crippen LogP contribution in [-0.4, -0.2) is 11.6 Å². The third kappa shape index (κ3) is 5.53. The molecule has 0 N–H and O–H groups in total. The molecule has 138 valence electrons. The molecule has 0 aromatic heterocycles. The summed E-state index contributed by atoms with van der Waals surface area (Å²) in [6.45, 7) is 0. The van der Waals surface area contributed by atoms with E-state index in [1.54, 1.807) is 60.7 Å². The number of hydrogen-bond donors (Lipinski definition) is 0. The number of carbonyl (C=O) groups is 2. The van der Waals surface area contributed by atoms with Gasteiger partial charge < -0.3 is 0 Å². The highest BCUT2D eigenvalue weighted by atomic mass is 35.5. The van der Waals surface area contributed by atoms with Crippen molar-refractivity contribution >= 4 is 46.9 Å². The van der Waals surface area contributed by atoms with Crippen LogP contribution in [0.15, 0.2) is 84.9 Å². The van der Waals surface area contributed by atoms with Gasteiger partial charge in [0.05, 0.1) is 0 Å². The van der Waals surface area contributed by atoms with Crippen LogP contribution in [0.5, 0.6) is 0 Å². The lowest BCUT2D eigenvalue weighted by atomic mass is 10.0. The maximum Gasteiger partial charge on any atom is 0.185 e. The van der Waals surface area contributed by atoms with E-state index < -0.39 is 0 Å². The van der Waals surface area contributed by atoms with E-state index in [4.69, 9.17) is 23.2 Å². The zero-order chi connectivity index (χ0) is 19.9. The lowest BCUT2D eigenvalue weighted by Crippen LogP contribution is -1.98. The maximum atomic E-state index is 12.3. The molecule has 0 atom stereocenters. The predicted octanol–water partition coefficient (Wildman–Crippen LogP) is 6.79. The van der Waals surface area contributed by atoms with Gasteiger partial charge in [0.15, 0.2) is 11.6 Å². The average molecular weight is 407 g/mol. The zero-order valence-corrected chi connectivity index (χ0v) is 16.3. The molecule has 28 heavy (non-hydrogen) atoms. The molecule has 3 rings (SSSR count). The molecule has 0 aliphatic rings. The van der Waals surface area contributed by atoms with E-state index in [0.717, 1.165) is 11.1 Å². The standard InChI is InChI=1S/C24H16Cl2O2/c25-21-11-1-17(2-12-21)5-15-23(27)19-7-9-20(10-8-19)24(28)16-6-18-3-13-22(26)14-4-18/h1-16H. The quantitative estimate of drug-likeness (QED) is 0.333. The van der Waals surface area contributed by atoms with Crippen LogP contribution < -0.4 is 0 Å². The molecule has 3 aromatic rings. The summed E-state index contributed by atoms with van der Waals surface area (Å²) < 4.78 is 0. The maximum absolute atomic E-state index is 12.3. The number of halogens is 2. The van der Waals surface area contributed by atoms with Gasteiger partial charge in [-0.3, -0.25) is 9.59 Å². The summed E-state index contributed by atoms with van der Waals surface area (Å²) in [5.74, 6) is -0.267. The van der Waals surface area contributed by atoms with Gasteiger partial charge in [0.2, 0.25) is 0 Å². The molecule has 2 nitrogen and oxygen atoms in total. The van der Waals surface area contributed by atoms with Crippen molar-refractivity contribution in [2.24, 2.45) is 0 Å². The minimum Gasteiger partial charge on any atom is -0.289 e. The van der Waals surface area contributed by atoms with Crippen molar-refractivity contribution in [3.8, 4) is 0 Å². The van der Waals surface area contributed by atoms with Gasteiger partial charge in [-0.15, -0.1) is 0 Å². The summed E-state index contributed by atoms with van der Waals surface area (Å²) in [6, 6.07) is 21.0. The van der Waals surface area contributed by atoms with Gasteiger partial charge in [-0.1, -0.05) is 83.9 Å². The molecule has 0 unspecified atom stereocenters. The topological polar surface area (TPSA) is 34.1 Å². The Morgan fingerprint density at radius 3 is 1.18 bits per heavy atom. The Kier molecular flexibility index (Phi) is 6.59. The minimum atomic E-state index is -0.134. The molecule has 3 aromatic carbocycles. The molecule has 0 aliphatic carbocycles. The number of ketones is 2. The van der Waals surface area contributed by atoms with Crippen molar-refractivity contribution < 1.29 is 9.59 Å². The first-order valence-electron chi connectivity index (χ1n) is 8.57. The molecule has 0 radical (unpaired) electrons. The smallest absolute Gasteiger partial charge is 0.185 e. The number of allylic oxidation sites excluding steroid dienone is 2. The molecule has 0 bridgehead atoms. The summed E-state index contributed by atoms with van der Waals surface area (Å²) in [7, 11) is 0. The molecule has 0 saturated heterocycles. The van der Waals surface area contributed by atoms with Crippen molar-refractivity contribution in [2.75, 3.05) is 0 Å². The summed E-state index contributed by atoms with van der Waals surface area (Å²) in [5.41, 5.74) is 2.81. The molecule has 0 amide bonds. The van der Waals surface area contributed by atoms with E-state index >= 15 is 0 Å². The fourth-order valence-electron chi connectivity index (χ4n) is 2.48. The first kappa shape index (κ1) is 19.8. The van der Waals surface area contributed by atoms with E-state index in [9.17, 15) is 9.59 Å². The van der Waals surface area contributed by atoms with Crippen LogP contribution in [0.3, 0.4) is 0 Å². The second-order valence-electron chi connectivity index (χ2n) is 6.08. The van der Waals surface area contributed by atoms with Gasteiger partial charge >= 0.3 is 0 Å². The Bertz CT molecular complexity index is 943. The number of rotatable bonds is 6. The number of carbonyl (C=O) groups excluding carboxylic acids is 2. The fraction of sp³-hybridized carbons (Fsp3) is 0. The van der Waals surface area contributed by atoms with Crippen LogP contribution in [-0.2, 0) is 0 Å². The third-order valence-corrected chi connectivity index (χ3v) is 4.55. The normalized spacial score (nSPS) is 11.2. The minimum absolute atomic E-state index is 0.134. The third-order valence-electron chi connectivity index (χ3n) is 4.05. The molecule has 4 heteroatoms. The Morgan fingerprint density at radius 1 is 0.536 bits per heavy atom. The first-order valence-corrected chi connectivity index (χ1v) is 9.33. The highest BCUT2D eigenvalue weighted by molar-refractivity contribution is 6.30. The van der Waals surface area contributed by atoms with Crippen LogP contribution in [0.4, 0.5) is 0 Å². The van der Waals surface area contributed by atoms with Crippen molar-refractivity contribution in [3.63, 3.8) is 0 Å². The van der Waals surface area contributed by atoms with Gasteiger partial charge in [-0.05, 0) is 47.5 Å². The second kappa shape index (κ2) is 9.32. The Hall–Kier alpha value is -2.94. The molecule has 0 spiro atoms. The zero-order valence-electron chi connectivity index (χ0n) is 14.8. The summed E-state index contributed by atoms with van der Waals surface area (Å²) in [6.07, 6.45) is 6.46. The highest BCUT2D eigenvalue weighted by Crippen LogP contribution is 2.14. The van der Waals surface area contributed by atoms with E-state index in [1.807, 2.05) is 24.3 Å². The molecule has 0 fully saturated rings. The lowest BCUT2D eigenvalue weighted by molar-refractivity contribution is 0.103. The van der Waals surface area contributed by atoms with Crippen LogP contribution in [0.1, 0.15) is 31.8 Å². The average Bonchev–Trinajstić information content (AvgIpc) is 2.72. The first-order chi connectivity index (χ1) is 13.5. The predicted molar refractivity (Wildman–Crippen MR) is 116 cm³/mol. The van der Waals surface area contributed by atoms with Crippen LogP contribution in [0.25, 0.3) is 12.2 Å². The molecule has 0 aliphatic heterocycles. The van der Waals surface area contributed by atoms with Gasteiger partial charge in [0.1, 0.15) is 0 Å². The Balaban J connectivity index is 1.65. The van der Waals surface area contributed by atoms with Crippen LogP contribution in [0.2, 0.25) is 10.0 Å². The van der Waals surface area contributed by atoms with Crippen LogP contribution in [0, 0.1) is 0 Å². The Labute approximate surface area is 173 Å². The Morgan fingerprint density at radius 2 is 0.857 bits per heavy atom. The van der Waals surface area contributed by atoms with E-state index in [0.29, 0.717) is 21.2 Å². The summed E-state index contributed by atoms with van der Waals surface area (Å²) >= 11 is 11.7.